The normalized spacial score (nSPS) is 29.3. The van der Waals surface area contributed by atoms with Crippen LogP contribution in [0.2, 0.25) is 0 Å². The molecule has 2 heteroatoms. The first-order valence-electron chi connectivity index (χ1n) is 3.70. The molecule has 0 unspecified atom stereocenters. The van der Waals surface area contributed by atoms with Gasteiger partial charge in [0.25, 0.3) is 0 Å². The van der Waals surface area contributed by atoms with Gasteiger partial charge in [0.1, 0.15) is 0 Å². The summed E-state index contributed by atoms with van der Waals surface area (Å²) in [5.41, 5.74) is 0. The van der Waals surface area contributed by atoms with Crippen LogP contribution in [0.3, 0.4) is 0 Å². The summed E-state index contributed by atoms with van der Waals surface area (Å²) in [6.45, 7) is 5.96. The molecule has 2 nitrogen and oxygen atoms in total. The number of nitrogens with zero attached hydrogens (tertiary/aromatic N) is 1. The van der Waals surface area contributed by atoms with Crippen molar-refractivity contribution < 1.29 is 5.11 Å². The summed E-state index contributed by atoms with van der Waals surface area (Å²) >= 11 is 0. The lowest BCUT2D eigenvalue weighted by Crippen LogP contribution is -2.20. The van der Waals surface area contributed by atoms with E-state index in [0.29, 0.717) is 12.5 Å². The maximum Gasteiger partial charge on any atom is 0.0471 e. The Morgan fingerprint density at radius 1 is 1.67 bits per heavy atom. The molecule has 9 heavy (non-hydrogen) atoms. The lowest BCUT2D eigenvalue weighted by molar-refractivity contribution is 0.223. The van der Waals surface area contributed by atoms with Crippen molar-refractivity contribution >= 4 is 0 Å². The highest BCUT2D eigenvalue weighted by atomic mass is 16.3. The standard InChI is InChI=1S/C7H15NO/c1-2-8-4-3-7(5-8)6-9/h7,9H,2-6H2,1H3/t7-/m0/s1. The van der Waals surface area contributed by atoms with Crippen LogP contribution in [0.1, 0.15) is 13.3 Å². The maximum absolute atomic E-state index is 8.75. The molecule has 1 atom stereocenters. The summed E-state index contributed by atoms with van der Waals surface area (Å²) in [4.78, 5) is 2.38. The number of likely N-dealkylation sites (tertiary alicyclic amines) is 1. The third kappa shape index (κ3) is 1.66. The lowest BCUT2D eigenvalue weighted by atomic mass is 10.1. The van der Waals surface area contributed by atoms with Gasteiger partial charge >= 0.3 is 0 Å². The maximum atomic E-state index is 8.75. The summed E-state index contributed by atoms with van der Waals surface area (Å²) in [5.74, 6) is 0.560. The van der Waals surface area contributed by atoms with Crippen molar-refractivity contribution in [3.63, 3.8) is 0 Å². The van der Waals surface area contributed by atoms with Gasteiger partial charge in [-0.05, 0) is 25.4 Å². The van der Waals surface area contributed by atoms with Crippen molar-refractivity contribution in [1.29, 1.82) is 0 Å². The van der Waals surface area contributed by atoms with E-state index >= 15 is 0 Å². The van der Waals surface area contributed by atoms with Crippen LogP contribution in [0.5, 0.6) is 0 Å². The molecule has 0 aromatic heterocycles. The predicted molar refractivity (Wildman–Crippen MR) is 37.3 cm³/mol. The van der Waals surface area contributed by atoms with Gasteiger partial charge in [-0.15, -0.1) is 0 Å². The van der Waals surface area contributed by atoms with E-state index < -0.39 is 0 Å². The van der Waals surface area contributed by atoms with Gasteiger partial charge in [0.05, 0.1) is 0 Å². The zero-order valence-corrected chi connectivity index (χ0v) is 6.01. The highest BCUT2D eigenvalue weighted by Gasteiger charge is 2.19. The summed E-state index contributed by atoms with van der Waals surface area (Å²) in [7, 11) is 0. The Balaban J connectivity index is 2.20. The third-order valence-corrected chi connectivity index (χ3v) is 2.08. The molecule has 1 fully saturated rings. The largest absolute Gasteiger partial charge is 0.396 e. The zero-order valence-electron chi connectivity index (χ0n) is 6.01. The Morgan fingerprint density at radius 3 is 2.78 bits per heavy atom. The first-order chi connectivity index (χ1) is 4.36. The van der Waals surface area contributed by atoms with Gasteiger partial charge in [0, 0.05) is 13.2 Å². The topological polar surface area (TPSA) is 23.5 Å². The third-order valence-electron chi connectivity index (χ3n) is 2.08. The van der Waals surface area contributed by atoms with Gasteiger partial charge in [0.2, 0.25) is 0 Å². The lowest BCUT2D eigenvalue weighted by Gasteiger charge is -2.10. The monoisotopic (exact) mass is 129 g/mol. The van der Waals surface area contributed by atoms with Crippen LogP contribution in [0, 0.1) is 5.92 Å². The molecule has 1 N–H and O–H groups in total. The first-order valence-corrected chi connectivity index (χ1v) is 3.70. The molecule has 0 aromatic carbocycles. The molecule has 0 bridgehead atoms. The van der Waals surface area contributed by atoms with Crippen molar-refractivity contribution in [1.82, 2.24) is 4.90 Å². The summed E-state index contributed by atoms with van der Waals surface area (Å²) < 4.78 is 0. The minimum atomic E-state index is 0.372. The first kappa shape index (κ1) is 7.03. The van der Waals surface area contributed by atoms with E-state index in [0.717, 1.165) is 13.1 Å². The summed E-state index contributed by atoms with van der Waals surface area (Å²) in [6, 6.07) is 0. The molecule has 1 aliphatic rings. The quantitative estimate of drug-likeness (QED) is 0.580. The highest BCUT2D eigenvalue weighted by molar-refractivity contribution is 4.73. The second kappa shape index (κ2) is 3.18. The number of hydrogen-bond acceptors (Lipinski definition) is 2. The molecule has 1 aliphatic heterocycles. The van der Waals surface area contributed by atoms with Crippen LogP contribution >= 0.6 is 0 Å². The van der Waals surface area contributed by atoms with Gasteiger partial charge in [-0.3, -0.25) is 0 Å². The molecule has 0 amide bonds. The zero-order chi connectivity index (χ0) is 6.69. The number of rotatable bonds is 2. The van der Waals surface area contributed by atoms with Crippen molar-refractivity contribution in [3.8, 4) is 0 Å². The van der Waals surface area contributed by atoms with Crippen molar-refractivity contribution in [2.24, 2.45) is 5.92 Å². The molecule has 1 saturated heterocycles. The van der Waals surface area contributed by atoms with Gasteiger partial charge in [-0.2, -0.15) is 0 Å². The Labute approximate surface area is 56.5 Å². The molecule has 0 aliphatic carbocycles. The van der Waals surface area contributed by atoms with Crippen molar-refractivity contribution in [3.05, 3.63) is 0 Å². The molecule has 0 saturated carbocycles. The van der Waals surface area contributed by atoms with Crippen LogP contribution in [-0.4, -0.2) is 36.2 Å². The van der Waals surface area contributed by atoms with Crippen molar-refractivity contribution in [2.75, 3.05) is 26.2 Å². The van der Waals surface area contributed by atoms with Gasteiger partial charge < -0.3 is 10.0 Å². The van der Waals surface area contributed by atoms with E-state index in [1.165, 1.54) is 13.0 Å². The average molecular weight is 129 g/mol. The summed E-state index contributed by atoms with van der Waals surface area (Å²) in [6.07, 6.45) is 1.18. The molecule has 1 rings (SSSR count). The predicted octanol–water partition coefficient (Wildman–Crippen LogP) is 0.321. The van der Waals surface area contributed by atoms with E-state index in [1.54, 1.807) is 0 Å². The fraction of sp³-hybridized carbons (Fsp3) is 1.00. The van der Waals surface area contributed by atoms with Gasteiger partial charge in [0.15, 0.2) is 0 Å². The Kier molecular flexibility index (Phi) is 2.49. The van der Waals surface area contributed by atoms with Crippen molar-refractivity contribution in [2.45, 2.75) is 13.3 Å². The van der Waals surface area contributed by atoms with Crippen LogP contribution in [0.4, 0.5) is 0 Å². The minimum Gasteiger partial charge on any atom is -0.396 e. The van der Waals surface area contributed by atoms with E-state index in [9.17, 15) is 0 Å². The highest BCUT2D eigenvalue weighted by Crippen LogP contribution is 2.13. The SMILES string of the molecule is CCN1CC[C@H](CO)C1. The molecule has 0 radical (unpaired) electrons. The van der Waals surface area contributed by atoms with E-state index in [1.807, 2.05) is 0 Å². The fourth-order valence-corrected chi connectivity index (χ4v) is 1.35. The van der Waals surface area contributed by atoms with Gasteiger partial charge in [-0.25, -0.2) is 0 Å². The Hall–Kier alpha value is -0.0800. The van der Waals surface area contributed by atoms with Crippen LogP contribution < -0.4 is 0 Å². The van der Waals surface area contributed by atoms with Crippen LogP contribution in [-0.2, 0) is 0 Å². The van der Waals surface area contributed by atoms with E-state index in [4.69, 9.17) is 5.11 Å². The Bertz CT molecular complexity index is 75.0. The van der Waals surface area contributed by atoms with Crippen LogP contribution in [0.15, 0.2) is 0 Å². The van der Waals surface area contributed by atoms with Crippen LogP contribution in [0.25, 0.3) is 0 Å². The second-order valence-electron chi connectivity index (χ2n) is 2.73. The van der Waals surface area contributed by atoms with Gasteiger partial charge in [-0.1, -0.05) is 6.92 Å². The Morgan fingerprint density at radius 2 is 2.44 bits per heavy atom. The molecular formula is C7H15NO. The number of aliphatic hydroxyl groups excluding tert-OH is 1. The molecule has 0 spiro atoms. The molecule has 1 heterocycles. The fourth-order valence-electron chi connectivity index (χ4n) is 1.35. The smallest absolute Gasteiger partial charge is 0.0471 e. The van der Waals surface area contributed by atoms with E-state index in [2.05, 4.69) is 11.8 Å². The molecule has 0 aromatic rings. The van der Waals surface area contributed by atoms with E-state index in [-0.39, 0.29) is 0 Å². The average Bonchev–Trinajstić information content (AvgIpc) is 2.34. The number of hydrogen-bond donors (Lipinski definition) is 1. The summed E-state index contributed by atoms with van der Waals surface area (Å²) in [5, 5.41) is 8.75. The number of aliphatic hydroxyl groups is 1. The molecular weight excluding hydrogens is 114 g/mol. The molecule has 54 valence electrons. The second-order valence-corrected chi connectivity index (χ2v) is 2.73. The minimum absolute atomic E-state index is 0.372.